The fourth-order valence-corrected chi connectivity index (χ4v) is 2.86. The van der Waals surface area contributed by atoms with E-state index in [0.717, 1.165) is 47.5 Å². The Kier molecular flexibility index (Phi) is 3.21. The van der Waals surface area contributed by atoms with Crippen LogP contribution < -0.4 is 0 Å². The highest BCUT2D eigenvalue weighted by Gasteiger charge is 2.18. The molecule has 21 heavy (non-hydrogen) atoms. The second kappa shape index (κ2) is 5.22. The largest absolute Gasteiger partial charge is 0.436 e. The van der Waals surface area contributed by atoms with Gasteiger partial charge >= 0.3 is 0 Å². The lowest BCUT2D eigenvalue weighted by Crippen LogP contribution is -2.37. The van der Waals surface area contributed by atoms with Gasteiger partial charge in [0, 0.05) is 18.5 Å². The van der Waals surface area contributed by atoms with Crippen LogP contribution >= 0.6 is 12.2 Å². The number of para-hydroxylation sites is 1. The van der Waals surface area contributed by atoms with Crippen molar-refractivity contribution < 1.29 is 9.15 Å². The first-order valence-corrected chi connectivity index (χ1v) is 7.41. The van der Waals surface area contributed by atoms with Crippen molar-refractivity contribution in [2.45, 2.75) is 6.67 Å². The van der Waals surface area contributed by atoms with Gasteiger partial charge in [-0.3, -0.25) is 4.90 Å². The molecule has 0 amide bonds. The molecule has 3 aliphatic rings. The maximum absolute atomic E-state index is 5.86. The summed E-state index contributed by atoms with van der Waals surface area (Å²) in [7, 11) is 0. The van der Waals surface area contributed by atoms with Crippen molar-refractivity contribution >= 4 is 23.2 Å². The predicted molar refractivity (Wildman–Crippen MR) is 81.8 cm³/mol. The van der Waals surface area contributed by atoms with Crippen LogP contribution in [0.3, 0.4) is 0 Å². The lowest BCUT2D eigenvalue weighted by Gasteiger charge is -2.26. The normalized spacial score (nSPS) is 16.8. The van der Waals surface area contributed by atoms with E-state index >= 15 is 0 Å². The van der Waals surface area contributed by atoms with Crippen molar-refractivity contribution in [1.29, 1.82) is 0 Å². The third-order valence-corrected chi connectivity index (χ3v) is 4.20. The highest BCUT2D eigenvalue weighted by Crippen LogP contribution is 2.28. The topological polar surface area (TPSA) is 43.4 Å². The first-order chi connectivity index (χ1) is 10.3. The van der Waals surface area contributed by atoms with Crippen molar-refractivity contribution in [2.75, 3.05) is 26.3 Å². The minimum atomic E-state index is 0.604. The number of benzene rings is 1. The molecule has 5 nitrogen and oxygen atoms in total. The van der Waals surface area contributed by atoms with Gasteiger partial charge in [0.25, 0.3) is 0 Å². The van der Waals surface area contributed by atoms with Crippen molar-refractivity contribution in [2.24, 2.45) is 0 Å². The van der Waals surface area contributed by atoms with E-state index in [0.29, 0.717) is 12.6 Å². The Morgan fingerprint density at radius 1 is 1.19 bits per heavy atom. The van der Waals surface area contributed by atoms with Crippen molar-refractivity contribution in [3.63, 3.8) is 0 Å². The van der Waals surface area contributed by atoms with Crippen molar-refractivity contribution in [3.05, 3.63) is 35.0 Å². The smallest absolute Gasteiger partial charge is 0.247 e. The molecule has 108 valence electrons. The molecule has 1 fully saturated rings. The van der Waals surface area contributed by atoms with Gasteiger partial charge in [-0.2, -0.15) is 0 Å². The summed E-state index contributed by atoms with van der Waals surface area (Å²) in [6.45, 7) is 4.03. The number of rotatable bonds is 2. The Hall–Kier alpha value is -1.76. The van der Waals surface area contributed by atoms with E-state index in [4.69, 9.17) is 21.4 Å². The SMILES string of the molecule is S=c1c2cc3ccccc3oc-2nn1CN1CCOCC1. The molecule has 0 unspecified atom stereocenters. The molecular weight excluding hydrogens is 286 g/mol. The predicted octanol–water partition coefficient (Wildman–Crippen LogP) is 2.75. The van der Waals surface area contributed by atoms with Gasteiger partial charge in [-0.25, -0.2) is 4.68 Å². The number of aromatic nitrogens is 2. The molecule has 6 heteroatoms. The van der Waals surface area contributed by atoms with Crippen LogP contribution in [-0.4, -0.2) is 41.0 Å². The zero-order valence-corrected chi connectivity index (χ0v) is 12.3. The average molecular weight is 301 g/mol. The monoisotopic (exact) mass is 301 g/mol. The Labute approximate surface area is 127 Å². The van der Waals surface area contributed by atoms with Crippen molar-refractivity contribution in [1.82, 2.24) is 14.7 Å². The molecular formula is C15H15N3O2S. The first-order valence-electron chi connectivity index (χ1n) is 7.01. The molecule has 1 aromatic carbocycles. The Morgan fingerprint density at radius 3 is 2.86 bits per heavy atom. The fourth-order valence-electron chi connectivity index (χ4n) is 2.62. The minimum Gasteiger partial charge on any atom is -0.436 e. The number of morpholine rings is 1. The number of ether oxygens (including phenoxy) is 1. The maximum Gasteiger partial charge on any atom is 0.247 e. The summed E-state index contributed by atoms with van der Waals surface area (Å²) < 4.78 is 13.8. The Bertz CT molecular complexity index is 804. The molecule has 0 radical (unpaired) electrons. The van der Waals surface area contributed by atoms with Crippen LogP contribution in [0, 0.1) is 4.64 Å². The lowest BCUT2D eigenvalue weighted by atomic mass is 10.2. The molecule has 1 aromatic rings. The number of hydrogen-bond acceptors (Lipinski definition) is 5. The lowest BCUT2D eigenvalue weighted by molar-refractivity contribution is 0.0211. The Balaban J connectivity index is 1.76. The fraction of sp³-hybridized carbons (Fsp3) is 0.333. The maximum atomic E-state index is 5.86. The summed E-state index contributed by atoms with van der Waals surface area (Å²) >= 11 is 5.54. The summed E-state index contributed by atoms with van der Waals surface area (Å²) in [4.78, 5) is 2.28. The standard InChI is InChI=1S/C15H15N3O2S/c21-15-12-9-11-3-1-2-4-13(11)20-14(12)16-18(15)10-17-5-7-19-8-6-17/h1-4,9H,5-8,10H2. The third-order valence-electron chi connectivity index (χ3n) is 3.77. The summed E-state index contributed by atoms with van der Waals surface area (Å²) in [5.41, 5.74) is 1.73. The molecule has 0 atom stereocenters. The van der Waals surface area contributed by atoms with Crippen LogP contribution in [0.5, 0.6) is 0 Å². The van der Waals surface area contributed by atoms with Gasteiger partial charge in [0.1, 0.15) is 10.2 Å². The van der Waals surface area contributed by atoms with Gasteiger partial charge in [0.05, 0.1) is 25.4 Å². The molecule has 0 aliphatic carbocycles. The molecule has 0 aromatic heterocycles. The molecule has 0 spiro atoms. The van der Waals surface area contributed by atoms with Gasteiger partial charge in [-0.15, -0.1) is 5.10 Å². The summed E-state index contributed by atoms with van der Waals surface area (Å²) in [5, 5.41) is 5.56. The highest BCUT2D eigenvalue weighted by molar-refractivity contribution is 7.71. The molecule has 3 heterocycles. The zero-order chi connectivity index (χ0) is 14.2. The molecule has 0 saturated carbocycles. The van der Waals surface area contributed by atoms with Gasteiger partial charge in [-0.1, -0.05) is 30.4 Å². The van der Waals surface area contributed by atoms with Gasteiger partial charge in [0.2, 0.25) is 5.89 Å². The van der Waals surface area contributed by atoms with Gasteiger partial charge in [-0.05, 0) is 12.1 Å². The first kappa shape index (κ1) is 12.9. The molecule has 0 N–H and O–H groups in total. The van der Waals surface area contributed by atoms with Crippen LogP contribution in [0.15, 0.2) is 34.7 Å². The quantitative estimate of drug-likeness (QED) is 0.681. The van der Waals surface area contributed by atoms with Crippen molar-refractivity contribution in [3.8, 4) is 11.5 Å². The highest BCUT2D eigenvalue weighted by atomic mass is 32.1. The van der Waals surface area contributed by atoms with E-state index in [1.54, 1.807) is 0 Å². The zero-order valence-electron chi connectivity index (χ0n) is 11.5. The average Bonchev–Trinajstić information content (AvgIpc) is 2.82. The summed E-state index contributed by atoms with van der Waals surface area (Å²) in [5.74, 6) is 0.604. The minimum absolute atomic E-state index is 0.604. The molecule has 4 rings (SSSR count). The second-order valence-corrected chi connectivity index (χ2v) is 5.57. The number of hydrogen-bond donors (Lipinski definition) is 0. The van der Waals surface area contributed by atoms with Crippen LogP contribution in [0.4, 0.5) is 0 Å². The summed E-state index contributed by atoms with van der Waals surface area (Å²) in [6.07, 6.45) is 0. The van der Waals surface area contributed by atoms with E-state index in [-0.39, 0.29) is 0 Å². The van der Waals surface area contributed by atoms with E-state index in [9.17, 15) is 0 Å². The van der Waals surface area contributed by atoms with Crippen LogP contribution in [-0.2, 0) is 11.4 Å². The van der Waals surface area contributed by atoms with Crippen LogP contribution in [0.2, 0.25) is 0 Å². The van der Waals surface area contributed by atoms with E-state index in [1.165, 1.54) is 0 Å². The van der Waals surface area contributed by atoms with Gasteiger partial charge in [0.15, 0.2) is 0 Å². The molecule has 1 saturated heterocycles. The number of fused-ring (bicyclic) bond motifs is 2. The molecule has 0 bridgehead atoms. The number of nitrogens with zero attached hydrogens (tertiary/aromatic N) is 3. The Morgan fingerprint density at radius 2 is 2.00 bits per heavy atom. The summed E-state index contributed by atoms with van der Waals surface area (Å²) in [6, 6.07) is 9.96. The van der Waals surface area contributed by atoms with E-state index in [2.05, 4.69) is 16.1 Å². The van der Waals surface area contributed by atoms with E-state index < -0.39 is 0 Å². The van der Waals surface area contributed by atoms with Gasteiger partial charge < -0.3 is 9.15 Å². The molecule has 3 aliphatic heterocycles. The van der Waals surface area contributed by atoms with Crippen LogP contribution in [0.1, 0.15) is 0 Å². The van der Waals surface area contributed by atoms with Crippen LogP contribution in [0.25, 0.3) is 22.4 Å². The third kappa shape index (κ3) is 2.35. The van der Waals surface area contributed by atoms with E-state index in [1.807, 2.05) is 28.9 Å². The second-order valence-electron chi connectivity index (χ2n) is 5.18.